The molecule has 2 rings (SSSR count). The van der Waals surface area contributed by atoms with Crippen molar-refractivity contribution in [2.45, 2.75) is 32.2 Å². The molecule has 1 aromatic rings. The molecule has 0 aromatic heterocycles. The van der Waals surface area contributed by atoms with Crippen LogP contribution in [0.3, 0.4) is 0 Å². The first kappa shape index (κ1) is 13.9. The first-order chi connectivity index (χ1) is 9.04. The zero-order valence-corrected chi connectivity index (χ0v) is 11.5. The van der Waals surface area contributed by atoms with Crippen LogP contribution in [0.5, 0.6) is 5.75 Å². The van der Waals surface area contributed by atoms with Gasteiger partial charge in [-0.25, -0.2) is 4.39 Å². The van der Waals surface area contributed by atoms with E-state index < -0.39 is 5.82 Å². The standard InChI is InChI=1S/C14H21FN2O2/c1-3-5-19-13-8-12(11(16)7-10(13)15)17-14(2)4-6-18-9-14/h7-8,17H,3-6,9,16H2,1-2H3. The Balaban J connectivity index is 2.19. The summed E-state index contributed by atoms with van der Waals surface area (Å²) in [5, 5.41) is 3.33. The van der Waals surface area contributed by atoms with Gasteiger partial charge < -0.3 is 20.5 Å². The lowest BCUT2D eigenvalue weighted by Crippen LogP contribution is -2.35. The molecule has 0 saturated carbocycles. The fraction of sp³-hybridized carbons (Fsp3) is 0.571. The third-order valence-electron chi connectivity index (χ3n) is 3.22. The Morgan fingerprint density at radius 3 is 2.95 bits per heavy atom. The summed E-state index contributed by atoms with van der Waals surface area (Å²) in [6, 6.07) is 2.93. The molecule has 4 nitrogen and oxygen atoms in total. The van der Waals surface area contributed by atoms with Crippen LogP contribution >= 0.6 is 0 Å². The van der Waals surface area contributed by atoms with E-state index in [1.165, 1.54) is 6.07 Å². The van der Waals surface area contributed by atoms with E-state index >= 15 is 0 Å². The van der Waals surface area contributed by atoms with Crippen LogP contribution in [0, 0.1) is 5.82 Å². The lowest BCUT2D eigenvalue weighted by Gasteiger charge is -2.26. The van der Waals surface area contributed by atoms with Crippen molar-refractivity contribution in [1.29, 1.82) is 0 Å². The van der Waals surface area contributed by atoms with Crippen molar-refractivity contribution in [1.82, 2.24) is 0 Å². The number of nitrogen functional groups attached to an aromatic ring is 1. The molecule has 0 amide bonds. The van der Waals surface area contributed by atoms with Gasteiger partial charge in [-0.2, -0.15) is 0 Å². The van der Waals surface area contributed by atoms with Gasteiger partial charge in [0.05, 0.1) is 30.1 Å². The van der Waals surface area contributed by atoms with E-state index in [0.717, 1.165) is 19.4 Å². The highest BCUT2D eigenvalue weighted by Gasteiger charge is 2.30. The van der Waals surface area contributed by atoms with Crippen molar-refractivity contribution in [2.75, 3.05) is 30.9 Å². The van der Waals surface area contributed by atoms with Crippen LogP contribution in [0.1, 0.15) is 26.7 Å². The Morgan fingerprint density at radius 2 is 2.32 bits per heavy atom. The van der Waals surface area contributed by atoms with Crippen LogP contribution < -0.4 is 15.8 Å². The monoisotopic (exact) mass is 268 g/mol. The van der Waals surface area contributed by atoms with E-state index in [1.807, 2.05) is 6.92 Å². The van der Waals surface area contributed by atoms with Crippen molar-refractivity contribution in [2.24, 2.45) is 0 Å². The van der Waals surface area contributed by atoms with Crippen molar-refractivity contribution in [3.05, 3.63) is 17.9 Å². The third kappa shape index (κ3) is 3.29. The maximum absolute atomic E-state index is 13.7. The number of benzene rings is 1. The average molecular weight is 268 g/mol. The second kappa shape index (κ2) is 5.65. The molecule has 1 unspecified atom stereocenters. The summed E-state index contributed by atoms with van der Waals surface area (Å²) < 4.78 is 24.5. The maximum atomic E-state index is 13.7. The van der Waals surface area contributed by atoms with Crippen molar-refractivity contribution in [3.63, 3.8) is 0 Å². The van der Waals surface area contributed by atoms with Crippen LogP contribution in [0.4, 0.5) is 15.8 Å². The molecule has 0 bridgehead atoms. The van der Waals surface area contributed by atoms with E-state index in [0.29, 0.717) is 24.6 Å². The molecule has 0 spiro atoms. The summed E-state index contributed by atoms with van der Waals surface area (Å²) in [6.07, 6.45) is 1.73. The van der Waals surface area contributed by atoms with Crippen LogP contribution in [0.15, 0.2) is 12.1 Å². The minimum absolute atomic E-state index is 0.159. The van der Waals surface area contributed by atoms with Crippen molar-refractivity contribution < 1.29 is 13.9 Å². The highest BCUT2D eigenvalue weighted by atomic mass is 19.1. The molecule has 106 valence electrons. The molecule has 1 heterocycles. The van der Waals surface area contributed by atoms with Gasteiger partial charge in [0.25, 0.3) is 0 Å². The van der Waals surface area contributed by atoms with Gasteiger partial charge in [0, 0.05) is 18.7 Å². The average Bonchev–Trinajstić information content (AvgIpc) is 2.78. The smallest absolute Gasteiger partial charge is 0.167 e. The van der Waals surface area contributed by atoms with Gasteiger partial charge in [-0.3, -0.25) is 0 Å². The lowest BCUT2D eigenvalue weighted by molar-refractivity contribution is 0.185. The quantitative estimate of drug-likeness (QED) is 0.806. The minimum Gasteiger partial charge on any atom is -0.490 e. The summed E-state index contributed by atoms with van der Waals surface area (Å²) in [5.41, 5.74) is 6.78. The number of halogens is 1. The zero-order valence-electron chi connectivity index (χ0n) is 11.5. The van der Waals surface area contributed by atoms with Gasteiger partial charge in [0.2, 0.25) is 0 Å². The van der Waals surface area contributed by atoms with Crippen LogP contribution in [-0.2, 0) is 4.74 Å². The molecule has 1 aromatic carbocycles. The van der Waals surface area contributed by atoms with Gasteiger partial charge in [-0.05, 0) is 19.8 Å². The molecule has 0 aliphatic carbocycles. The molecule has 1 atom stereocenters. The highest BCUT2D eigenvalue weighted by molar-refractivity contribution is 5.69. The van der Waals surface area contributed by atoms with Gasteiger partial charge in [-0.15, -0.1) is 0 Å². The molecule has 5 heteroatoms. The molecule has 1 fully saturated rings. The number of anilines is 2. The molecular weight excluding hydrogens is 247 g/mol. The first-order valence-electron chi connectivity index (χ1n) is 6.62. The van der Waals surface area contributed by atoms with E-state index in [4.69, 9.17) is 15.2 Å². The second-order valence-corrected chi connectivity index (χ2v) is 5.21. The lowest BCUT2D eigenvalue weighted by atomic mass is 10.0. The fourth-order valence-electron chi connectivity index (χ4n) is 2.09. The predicted octanol–water partition coefficient (Wildman–Crippen LogP) is 2.79. The number of hydrogen-bond acceptors (Lipinski definition) is 4. The van der Waals surface area contributed by atoms with Gasteiger partial charge in [0.1, 0.15) is 0 Å². The SMILES string of the molecule is CCCOc1cc(NC2(C)CCOC2)c(N)cc1F. The van der Waals surface area contributed by atoms with Crippen LogP contribution in [0.2, 0.25) is 0 Å². The molecule has 1 aliphatic heterocycles. The highest BCUT2D eigenvalue weighted by Crippen LogP contribution is 2.32. The van der Waals surface area contributed by atoms with Crippen molar-refractivity contribution >= 4 is 11.4 Å². The summed E-state index contributed by atoms with van der Waals surface area (Å²) in [6.45, 7) is 5.88. The van der Waals surface area contributed by atoms with Crippen LogP contribution in [-0.4, -0.2) is 25.4 Å². The number of rotatable bonds is 5. The summed E-state index contributed by atoms with van der Waals surface area (Å²) in [7, 11) is 0. The zero-order chi connectivity index (χ0) is 13.9. The number of ether oxygens (including phenoxy) is 2. The molecule has 19 heavy (non-hydrogen) atoms. The Bertz CT molecular complexity index is 445. The fourth-order valence-corrected chi connectivity index (χ4v) is 2.09. The topological polar surface area (TPSA) is 56.5 Å². The summed E-state index contributed by atoms with van der Waals surface area (Å²) in [4.78, 5) is 0. The van der Waals surface area contributed by atoms with Gasteiger partial charge in [-0.1, -0.05) is 6.92 Å². The van der Waals surface area contributed by atoms with Gasteiger partial charge in [0.15, 0.2) is 11.6 Å². The normalized spacial score (nSPS) is 22.5. The summed E-state index contributed by atoms with van der Waals surface area (Å²) >= 11 is 0. The van der Waals surface area contributed by atoms with Crippen LogP contribution in [0.25, 0.3) is 0 Å². The second-order valence-electron chi connectivity index (χ2n) is 5.21. The van der Waals surface area contributed by atoms with E-state index in [2.05, 4.69) is 12.2 Å². The third-order valence-corrected chi connectivity index (χ3v) is 3.22. The number of nitrogens with two attached hydrogens (primary N) is 1. The maximum Gasteiger partial charge on any atom is 0.167 e. The van der Waals surface area contributed by atoms with Gasteiger partial charge >= 0.3 is 0 Å². The number of nitrogens with one attached hydrogen (secondary N) is 1. The Kier molecular flexibility index (Phi) is 4.14. The van der Waals surface area contributed by atoms with E-state index in [9.17, 15) is 4.39 Å². The first-order valence-corrected chi connectivity index (χ1v) is 6.62. The Hall–Kier alpha value is -1.49. The summed E-state index contributed by atoms with van der Waals surface area (Å²) in [5.74, 6) is -0.189. The van der Waals surface area contributed by atoms with E-state index in [-0.39, 0.29) is 11.3 Å². The molecule has 1 aliphatic rings. The number of hydrogen-bond donors (Lipinski definition) is 2. The molecule has 1 saturated heterocycles. The minimum atomic E-state index is -0.427. The largest absolute Gasteiger partial charge is 0.490 e. The predicted molar refractivity (Wildman–Crippen MR) is 74.1 cm³/mol. The molecule has 0 radical (unpaired) electrons. The Labute approximate surface area is 113 Å². The Morgan fingerprint density at radius 1 is 1.53 bits per heavy atom. The molecule has 3 N–H and O–H groups in total. The molecular formula is C14H21FN2O2. The van der Waals surface area contributed by atoms with Crippen molar-refractivity contribution in [3.8, 4) is 5.75 Å². The van der Waals surface area contributed by atoms with E-state index in [1.54, 1.807) is 6.07 Å².